The molecule has 0 radical (unpaired) electrons. The Morgan fingerprint density at radius 3 is 1.58 bits per heavy atom. The lowest BCUT2D eigenvalue weighted by Crippen LogP contribution is -2.35. The summed E-state index contributed by atoms with van der Waals surface area (Å²) in [5.41, 5.74) is 9.85. The summed E-state index contributed by atoms with van der Waals surface area (Å²) in [7, 11) is 0. The summed E-state index contributed by atoms with van der Waals surface area (Å²) < 4.78 is 32.5. The molecule has 13 nitrogen and oxygen atoms in total. The Morgan fingerprint density at radius 1 is 0.610 bits per heavy atom. The summed E-state index contributed by atoms with van der Waals surface area (Å²) in [5.74, 6) is 2.33. The van der Waals surface area contributed by atoms with E-state index in [1.54, 1.807) is 18.6 Å². The highest BCUT2D eigenvalue weighted by Gasteiger charge is 2.28. The van der Waals surface area contributed by atoms with Crippen LogP contribution in [0.5, 0.6) is 0 Å². The van der Waals surface area contributed by atoms with E-state index < -0.39 is 11.6 Å². The first-order valence-electron chi connectivity index (χ1n) is 19.2. The molecule has 8 aromatic rings. The van der Waals surface area contributed by atoms with Crippen LogP contribution in [0.1, 0.15) is 52.8 Å². The summed E-state index contributed by atoms with van der Waals surface area (Å²) in [6, 6.07) is 10.9. The van der Waals surface area contributed by atoms with E-state index in [2.05, 4.69) is 79.0 Å². The van der Waals surface area contributed by atoms with Gasteiger partial charge >= 0.3 is 0 Å². The number of hydrogen-bond donors (Lipinski definition) is 0. The number of piperidine rings is 1. The minimum Gasteiger partial charge on any atom is -0.377 e. The maximum Gasteiger partial charge on any atom is 0.164 e. The number of fused-ring (bicyclic) bond motifs is 4. The average molecular weight is 855 g/mol. The Hall–Kier alpha value is -6.42. The zero-order valence-corrected chi connectivity index (χ0v) is 34.4. The van der Waals surface area contributed by atoms with Crippen molar-refractivity contribution in [3.63, 3.8) is 0 Å². The predicted molar refractivity (Wildman–Crippen MR) is 223 cm³/mol. The van der Waals surface area contributed by atoms with E-state index in [1.165, 1.54) is 48.5 Å². The maximum absolute atomic E-state index is 13.9. The van der Waals surface area contributed by atoms with Gasteiger partial charge in [0.25, 0.3) is 0 Å². The second kappa shape index (κ2) is 15.7. The van der Waals surface area contributed by atoms with Crippen LogP contribution >= 0.6 is 15.9 Å². The van der Waals surface area contributed by atoms with Crippen molar-refractivity contribution in [2.24, 2.45) is 5.92 Å². The number of nitrogens with zero attached hydrogens (tertiary/aromatic N) is 13. The second-order valence-electron chi connectivity index (χ2n) is 14.8. The minimum absolute atomic E-state index is 0.404. The average Bonchev–Trinajstić information content (AvgIpc) is 3.78. The number of imidazole rings is 2. The second-order valence-corrected chi connectivity index (χ2v) is 15.7. The Morgan fingerprint density at radius 2 is 1.14 bits per heavy atom. The van der Waals surface area contributed by atoms with Crippen molar-refractivity contribution in [3.05, 3.63) is 136 Å². The van der Waals surface area contributed by atoms with Crippen LogP contribution in [-0.4, -0.2) is 77.0 Å². The summed E-state index contributed by atoms with van der Waals surface area (Å²) in [5, 5.41) is 0. The van der Waals surface area contributed by atoms with Gasteiger partial charge in [-0.3, -0.25) is 19.9 Å². The molecule has 2 bridgehead atoms. The Kier molecular flexibility index (Phi) is 10.2. The third-order valence-corrected chi connectivity index (χ3v) is 11.0. The van der Waals surface area contributed by atoms with Crippen molar-refractivity contribution >= 4 is 43.8 Å². The Labute approximate surface area is 346 Å². The SMILES string of the molecule is Cc1nc(C)c2nc(-c3cncc(F)c3)n(Cc3ccc(Br)cn3)c2n1.Cc1nc(C)c2nc(-c3cncc(F)c3)n(Cc3ccc(C4=CN5CCC4CC5)cn3)c2n1. The first-order chi connectivity index (χ1) is 28.6. The summed E-state index contributed by atoms with van der Waals surface area (Å²) >= 11 is 3.39. The van der Waals surface area contributed by atoms with Gasteiger partial charge in [-0.1, -0.05) is 6.07 Å². The number of aryl methyl sites for hydroxylation is 4. The first kappa shape index (κ1) is 38.1. The molecule has 59 heavy (non-hydrogen) atoms. The van der Waals surface area contributed by atoms with Crippen molar-refractivity contribution in [1.82, 2.24) is 63.9 Å². The molecular weight excluding hydrogens is 816 g/mol. The van der Waals surface area contributed by atoms with E-state index in [0.717, 1.165) is 40.3 Å². The molecule has 1 saturated heterocycles. The van der Waals surface area contributed by atoms with E-state index in [0.29, 0.717) is 75.8 Å². The third kappa shape index (κ3) is 7.79. The zero-order chi connectivity index (χ0) is 40.8. The van der Waals surface area contributed by atoms with Gasteiger partial charge in [0, 0.05) is 59.7 Å². The molecular formula is C43H38BrF2N13. The fourth-order valence-electron chi connectivity index (χ4n) is 7.82. The third-order valence-electron chi connectivity index (χ3n) is 10.6. The van der Waals surface area contributed by atoms with Crippen LogP contribution in [-0.2, 0) is 13.1 Å². The standard InChI is InChI=1S/C25H24FN7.C18H14BrFN6/c1-15-23-25(30-16(2)29-15)33(24(31-23)19-9-20(26)12-27-10-19)13-21-4-3-18(11-28-21)22-14-32-7-5-17(22)6-8-32;1-10-16-18(24-11(2)23-10)26(9-15-4-3-13(19)7-22-15)17(25-16)12-5-14(20)8-21-6-12/h3-4,9-12,14,17H,5-8,13H2,1-2H3;3-8H,9H2,1-2H3. The van der Waals surface area contributed by atoms with Crippen LogP contribution in [0, 0.1) is 45.2 Å². The number of pyridine rings is 4. The molecule has 11 heterocycles. The van der Waals surface area contributed by atoms with Crippen LogP contribution in [0.15, 0.2) is 84.3 Å². The number of aromatic nitrogens is 12. The van der Waals surface area contributed by atoms with Gasteiger partial charge in [-0.25, -0.2) is 38.7 Å². The van der Waals surface area contributed by atoms with Gasteiger partial charge in [0.15, 0.2) is 11.3 Å². The van der Waals surface area contributed by atoms with Crippen molar-refractivity contribution < 1.29 is 8.78 Å². The van der Waals surface area contributed by atoms with E-state index >= 15 is 0 Å². The lowest BCUT2D eigenvalue weighted by atomic mass is 9.83. The van der Waals surface area contributed by atoms with E-state index in [-0.39, 0.29) is 0 Å². The van der Waals surface area contributed by atoms with Gasteiger partial charge in [-0.05, 0) is 104 Å². The molecule has 16 heteroatoms. The van der Waals surface area contributed by atoms with Gasteiger partial charge in [0.05, 0.1) is 48.3 Å². The van der Waals surface area contributed by atoms with Gasteiger partial charge in [-0.15, -0.1) is 0 Å². The van der Waals surface area contributed by atoms with Gasteiger partial charge in [0.2, 0.25) is 0 Å². The van der Waals surface area contributed by atoms with Crippen LogP contribution in [0.2, 0.25) is 0 Å². The fraction of sp³-hybridized carbons (Fsp3) is 0.256. The highest BCUT2D eigenvalue weighted by molar-refractivity contribution is 9.10. The molecule has 0 saturated carbocycles. The molecule has 0 aliphatic carbocycles. The molecule has 0 N–H and O–H groups in total. The highest BCUT2D eigenvalue weighted by atomic mass is 79.9. The molecule has 0 atom stereocenters. The number of rotatable bonds is 7. The summed E-state index contributed by atoms with van der Waals surface area (Å²) in [4.78, 5) is 47.1. The summed E-state index contributed by atoms with van der Waals surface area (Å²) in [6.45, 7) is 10.7. The molecule has 8 aromatic heterocycles. The van der Waals surface area contributed by atoms with E-state index in [4.69, 9.17) is 9.97 Å². The minimum atomic E-state index is -0.415. The molecule has 0 amide bonds. The first-order valence-corrected chi connectivity index (χ1v) is 20.0. The molecule has 0 spiro atoms. The summed E-state index contributed by atoms with van der Waals surface area (Å²) in [6.07, 6.45) is 14.0. The monoisotopic (exact) mass is 853 g/mol. The lowest BCUT2D eigenvalue weighted by molar-refractivity contribution is 0.252. The Bertz CT molecular complexity index is 2880. The van der Waals surface area contributed by atoms with Crippen LogP contribution in [0.3, 0.4) is 0 Å². The number of allylic oxidation sites excluding steroid dienone is 1. The fourth-order valence-corrected chi connectivity index (χ4v) is 8.06. The highest BCUT2D eigenvalue weighted by Crippen LogP contribution is 2.37. The van der Waals surface area contributed by atoms with Crippen LogP contribution in [0.4, 0.5) is 8.78 Å². The van der Waals surface area contributed by atoms with E-state index in [1.807, 2.05) is 55.2 Å². The van der Waals surface area contributed by atoms with Crippen LogP contribution < -0.4 is 0 Å². The van der Waals surface area contributed by atoms with Crippen molar-refractivity contribution in [2.75, 3.05) is 13.1 Å². The van der Waals surface area contributed by atoms with Gasteiger partial charge < -0.3 is 14.0 Å². The molecule has 1 fully saturated rings. The van der Waals surface area contributed by atoms with Gasteiger partial charge in [0.1, 0.15) is 46.0 Å². The van der Waals surface area contributed by atoms with Crippen molar-refractivity contribution in [3.8, 4) is 22.8 Å². The molecule has 11 rings (SSSR count). The van der Waals surface area contributed by atoms with Crippen molar-refractivity contribution in [2.45, 2.75) is 53.6 Å². The van der Waals surface area contributed by atoms with Crippen LogP contribution in [0.25, 0.3) is 50.7 Å². The smallest absolute Gasteiger partial charge is 0.164 e. The normalized spacial score (nSPS) is 13.9. The Balaban J connectivity index is 0.000000157. The maximum atomic E-state index is 13.9. The quantitative estimate of drug-likeness (QED) is 0.154. The number of hydrogen-bond acceptors (Lipinski definition) is 11. The molecule has 0 aromatic carbocycles. The zero-order valence-electron chi connectivity index (χ0n) is 32.8. The predicted octanol–water partition coefficient (Wildman–Crippen LogP) is 8.00. The molecule has 3 aliphatic heterocycles. The molecule has 3 aliphatic rings. The van der Waals surface area contributed by atoms with Crippen molar-refractivity contribution in [1.29, 1.82) is 0 Å². The number of halogens is 3. The topological polar surface area (TPSA) is 142 Å². The lowest BCUT2D eigenvalue weighted by Gasteiger charge is -2.39. The van der Waals surface area contributed by atoms with E-state index in [9.17, 15) is 8.78 Å². The molecule has 0 unspecified atom stereocenters. The molecule has 296 valence electrons. The van der Waals surface area contributed by atoms with Gasteiger partial charge in [-0.2, -0.15) is 0 Å². The largest absolute Gasteiger partial charge is 0.377 e.